The highest BCUT2D eigenvalue weighted by molar-refractivity contribution is 7.98. The molecule has 2 N–H and O–H groups in total. The highest BCUT2D eigenvalue weighted by Crippen LogP contribution is 2.23. The van der Waals surface area contributed by atoms with Crippen molar-refractivity contribution < 1.29 is 0 Å². The van der Waals surface area contributed by atoms with Crippen molar-refractivity contribution in [2.45, 2.75) is 44.7 Å². The van der Waals surface area contributed by atoms with Gasteiger partial charge in [-0.05, 0) is 19.1 Å². The van der Waals surface area contributed by atoms with Crippen molar-refractivity contribution in [3.63, 3.8) is 0 Å². The molecule has 0 unspecified atom stereocenters. The lowest BCUT2D eigenvalue weighted by Crippen LogP contribution is -2.11. The molecule has 1 rings (SSSR count). The van der Waals surface area contributed by atoms with E-state index in [-0.39, 0.29) is 0 Å². The van der Waals surface area contributed by atoms with E-state index < -0.39 is 0 Å². The lowest BCUT2D eigenvalue weighted by Gasteiger charge is -2.12. The Balaban J connectivity index is 2.95. The van der Waals surface area contributed by atoms with E-state index in [1.54, 1.807) is 0 Å². The first-order chi connectivity index (χ1) is 9.76. The van der Waals surface area contributed by atoms with Crippen LogP contribution >= 0.6 is 11.8 Å². The molecule has 1 aromatic rings. The molecule has 1 heterocycles. The average Bonchev–Trinajstić information content (AvgIpc) is 2.47. The van der Waals surface area contributed by atoms with Crippen LogP contribution in [0.25, 0.3) is 0 Å². The van der Waals surface area contributed by atoms with Crippen LogP contribution in [0.1, 0.15) is 45.1 Å². The second-order valence-electron chi connectivity index (χ2n) is 4.45. The SMILES string of the molecule is CCCCNc1nc(SC)nc(NCCCC)c1C#N. The Morgan fingerprint density at radius 2 is 1.55 bits per heavy atom. The summed E-state index contributed by atoms with van der Waals surface area (Å²) in [5.74, 6) is 1.28. The van der Waals surface area contributed by atoms with Gasteiger partial charge in [0.25, 0.3) is 0 Å². The first-order valence-electron chi connectivity index (χ1n) is 7.10. The lowest BCUT2D eigenvalue weighted by atomic mass is 10.2. The molecule has 0 bridgehead atoms. The summed E-state index contributed by atoms with van der Waals surface area (Å²) in [6.45, 7) is 5.92. The molecular formula is C14H23N5S. The van der Waals surface area contributed by atoms with E-state index >= 15 is 0 Å². The van der Waals surface area contributed by atoms with Gasteiger partial charge in [-0.15, -0.1) is 0 Å². The molecule has 0 aromatic carbocycles. The van der Waals surface area contributed by atoms with E-state index in [1.807, 2.05) is 6.26 Å². The highest BCUT2D eigenvalue weighted by Gasteiger charge is 2.13. The van der Waals surface area contributed by atoms with Crippen molar-refractivity contribution in [1.82, 2.24) is 9.97 Å². The Morgan fingerprint density at radius 1 is 1.05 bits per heavy atom. The first-order valence-corrected chi connectivity index (χ1v) is 8.33. The van der Waals surface area contributed by atoms with Gasteiger partial charge in [-0.2, -0.15) is 5.26 Å². The van der Waals surface area contributed by atoms with Crippen LogP contribution in [0.3, 0.4) is 0 Å². The Labute approximate surface area is 125 Å². The predicted molar refractivity (Wildman–Crippen MR) is 85.3 cm³/mol. The van der Waals surface area contributed by atoms with Crippen LogP contribution in [0, 0.1) is 11.3 Å². The Morgan fingerprint density at radius 3 is 1.90 bits per heavy atom. The molecule has 110 valence electrons. The maximum absolute atomic E-state index is 9.36. The Hall–Kier alpha value is -1.48. The third-order valence-corrected chi connectivity index (χ3v) is 3.38. The molecule has 1 aromatic heterocycles. The first kappa shape index (κ1) is 16.6. The summed E-state index contributed by atoms with van der Waals surface area (Å²) in [5.41, 5.74) is 0.509. The van der Waals surface area contributed by atoms with Crippen LogP contribution in [0.2, 0.25) is 0 Å². The van der Waals surface area contributed by atoms with Gasteiger partial charge in [-0.25, -0.2) is 9.97 Å². The van der Waals surface area contributed by atoms with Gasteiger partial charge in [0.1, 0.15) is 11.6 Å². The molecule has 0 aliphatic heterocycles. The van der Waals surface area contributed by atoms with Gasteiger partial charge in [0, 0.05) is 13.1 Å². The zero-order chi connectivity index (χ0) is 14.8. The van der Waals surface area contributed by atoms with Crippen LogP contribution < -0.4 is 10.6 Å². The fourth-order valence-electron chi connectivity index (χ4n) is 1.66. The number of aromatic nitrogens is 2. The molecule has 0 spiro atoms. The molecule has 20 heavy (non-hydrogen) atoms. The monoisotopic (exact) mass is 293 g/mol. The standard InChI is InChI=1S/C14H23N5S/c1-4-6-8-16-12-11(10-15)13(17-9-7-5-2)19-14(18-12)20-3/h4-9H2,1-3H3,(H2,16,17,18,19). The second-order valence-corrected chi connectivity index (χ2v) is 5.23. The van der Waals surface area contributed by atoms with Gasteiger partial charge in [0.15, 0.2) is 16.8 Å². The summed E-state index contributed by atoms with van der Waals surface area (Å²) in [6, 6.07) is 2.21. The zero-order valence-corrected chi connectivity index (χ0v) is 13.3. The van der Waals surface area contributed by atoms with Gasteiger partial charge >= 0.3 is 0 Å². The summed E-state index contributed by atoms with van der Waals surface area (Å²) in [5, 5.41) is 16.5. The van der Waals surface area contributed by atoms with Gasteiger partial charge in [-0.3, -0.25) is 0 Å². The molecule has 0 amide bonds. The molecule has 0 aliphatic carbocycles. The van der Waals surface area contributed by atoms with Crippen molar-refractivity contribution in [3.05, 3.63) is 5.56 Å². The number of anilines is 2. The summed E-state index contributed by atoms with van der Waals surface area (Å²) < 4.78 is 0. The molecular weight excluding hydrogens is 270 g/mol. The van der Waals surface area contributed by atoms with Crippen molar-refractivity contribution in [2.24, 2.45) is 0 Å². The fourth-order valence-corrected chi connectivity index (χ4v) is 2.03. The minimum absolute atomic E-state index is 0.509. The summed E-state index contributed by atoms with van der Waals surface area (Å²) in [7, 11) is 0. The van der Waals surface area contributed by atoms with Gasteiger partial charge in [0.2, 0.25) is 0 Å². The third kappa shape index (κ3) is 4.89. The Bertz CT molecular complexity index is 424. The molecule has 5 nitrogen and oxygen atoms in total. The lowest BCUT2D eigenvalue weighted by molar-refractivity contribution is 0.816. The van der Waals surface area contributed by atoms with Crippen LogP contribution in [-0.2, 0) is 0 Å². The van der Waals surface area contributed by atoms with E-state index in [4.69, 9.17) is 0 Å². The number of hydrogen-bond acceptors (Lipinski definition) is 6. The van der Waals surface area contributed by atoms with Crippen molar-refractivity contribution >= 4 is 23.4 Å². The number of nitrogens with zero attached hydrogens (tertiary/aromatic N) is 3. The van der Waals surface area contributed by atoms with E-state index in [0.29, 0.717) is 22.4 Å². The molecule has 6 heteroatoms. The van der Waals surface area contributed by atoms with Crippen molar-refractivity contribution in [2.75, 3.05) is 30.0 Å². The number of nitriles is 1. The summed E-state index contributed by atoms with van der Waals surface area (Å²) >= 11 is 1.48. The van der Waals surface area contributed by atoms with Gasteiger partial charge in [0.05, 0.1) is 0 Å². The van der Waals surface area contributed by atoms with Crippen LogP contribution in [0.5, 0.6) is 0 Å². The number of rotatable bonds is 9. The molecule has 0 fully saturated rings. The molecule has 0 radical (unpaired) electrons. The van der Waals surface area contributed by atoms with E-state index in [1.165, 1.54) is 11.8 Å². The Kier molecular flexibility index (Phi) is 7.81. The molecule has 0 saturated carbocycles. The molecule has 0 atom stereocenters. The maximum atomic E-state index is 9.36. The minimum Gasteiger partial charge on any atom is -0.369 e. The van der Waals surface area contributed by atoms with Gasteiger partial charge < -0.3 is 10.6 Å². The summed E-state index contributed by atoms with van der Waals surface area (Å²) in [4.78, 5) is 8.80. The normalized spacial score (nSPS) is 10.1. The van der Waals surface area contributed by atoms with Crippen molar-refractivity contribution in [3.8, 4) is 6.07 Å². The fraction of sp³-hybridized carbons (Fsp3) is 0.643. The second kappa shape index (κ2) is 9.43. The summed E-state index contributed by atoms with van der Waals surface area (Å²) in [6.07, 6.45) is 6.27. The van der Waals surface area contributed by atoms with E-state index in [2.05, 4.69) is 40.5 Å². The zero-order valence-electron chi connectivity index (χ0n) is 12.5. The van der Waals surface area contributed by atoms with Crippen LogP contribution in [-0.4, -0.2) is 29.3 Å². The quantitative estimate of drug-likeness (QED) is 0.412. The minimum atomic E-state index is 0.509. The highest BCUT2D eigenvalue weighted by atomic mass is 32.2. The van der Waals surface area contributed by atoms with Crippen LogP contribution in [0.15, 0.2) is 5.16 Å². The van der Waals surface area contributed by atoms with E-state index in [0.717, 1.165) is 38.8 Å². The topological polar surface area (TPSA) is 73.6 Å². The predicted octanol–water partition coefficient (Wildman–Crippen LogP) is 3.49. The molecule has 0 saturated heterocycles. The third-order valence-electron chi connectivity index (χ3n) is 2.83. The number of nitrogens with one attached hydrogen (secondary N) is 2. The maximum Gasteiger partial charge on any atom is 0.191 e. The molecule has 0 aliphatic rings. The number of thioether (sulfide) groups is 1. The van der Waals surface area contributed by atoms with Gasteiger partial charge in [-0.1, -0.05) is 38.5 Å². The smallest absolute Gasteiger partial charge is 0.191 e. The van der Waals surface area contributed by atoms with E-state index in [9.17, 15) is 5.26 Å². The van der Waals surface area contributed by atoms with Crippen LogP contribution in [0.4, 0.5) is 11.6 Å². The largest absolute Gasteiger partial charge is 0.369 e. The number of hydrogen-bond donors (Lipinski definition) is 2. The number of unbranched alkanes of at least 4 members (excludes halogenated alkanes) is 2. The average molecular weight is 293 g/mol. The van der Waals surface area contributed by atoms with Crippen molar-refractivity contribution in [1.29, 1.82) is 5.26 Å².